The smallest absolute Gasteiger partial charge is 0.134 e. The van der Waals surface area contributed by atoms with Gasteiger partial charge in [-0.25, -0.2) is 0 Å². The second-order valence-electron chi connectivity index (χ2n) is 4.38. The van der Waals surface area contributed by atoms with E-state index in [-0.39, 0.29) is 6.61 Å². The van der Waals surface area contributed by atoms with Crippen molar-refractivity contribution in [1.82, 2.24) is 0 Å². The summed E-state index contributed by atoms with van der Waals surface area (Å²) < 4.78 is 16.1. The van der Waals surface area contributed by atoms with Crippen LogP contribution in [-0.4, -0.2) is 18.8 Å². The van der Waals surface area contributed by atoms with E-state index in [0.717, 1.165) is 22.6 Å². The van der Waals surface area contributed by atoms with Crippen molar-refractivity contribution in [3.8, 4) is 17.6 Å². The quantitative estimate of drug-likeness (QED) is 0.830. The Labute approximate surface area is 124 Å². The van der Waals surface area contributed by atoms with Gasteiger partial charge in [-0.2, -0.15) is 0 Å². The normalized spacial score (nSPS) is 10.0. The van der Waals surface area contributed by atoms with E-state index in [2.05, 4.69) is 11.8 Å². The average Bonchev–Trinajstić information content (AvgIpc) is 3.01. The molecule has 0 atom stereocenters. The van der Waals surface area contributed by atoms with Crippen LogP contribution in [0.5, 0.6) is 5.75 Å². The molecule has 0 unspecified atom stereocenters. The summed E-state index contributed by atoms with van der Waals surface area (Å²) in [6, 6.07) is 9.46. The van der Waals surface area contributed by atoms with Gasteiger partial charge in [-0.3, -0.25) is 0 Å². The van der Waals surface area contributed by atoms with E-state index in [0.29, 0.717) is 19.6 Å². The van der Waals surface area contributed by atoms with E-state index in [4.69, 9.17) is 19.0 Å². The molecular weight excluding hydrogens is 268 g/mol. The highest BCUT2D eigenvalue weighted by atomic mass is 16.5. The standard InChI is InChI=1S/C17H18O4/c1-19-17-8-7-14(11-15(17)5-2-3-9-18)12-20-13-16-6-4-10-21-16/h4,6-8,10-11,18H,3,9,12-13H2,1H3. The van der Waals surface area contributed by atoms with Crippen LogP contribution >= 0.6 is 0 Å². The zero-order valence-corrected chi connectivity index (χ0v) is 12.0. The Morgan fingerprint density at radius 1 is 1.24 bits per heavy atom. The highest BCUT2D eigenvalue weighted by molar-refractivity contribution is 5.48. The molecule has 0 fully saturated rings. The molecular formula is C17H18O4. The van der Waals surface area contributed by atoms with Crippen LogP contribution in [0.15, 0.2) is 41.0 Å². The van der Waals surface area contributed by atoms with Gasteiger partial charge in [0, 0.05) is 6.42 Å². The van der Waals surface area contributed by atoms with Crippen molar-refractivity contribution in [2.75, 3.05) is 13.7 Å². The van der Waals surface area contributed by atoms with E-state index in [1.807, 2.05) is 30.3 Å². The SMILES string of the molecule is COc1ccc(COCc2ccco2)cc1C#CCCO. The summed E-state index contributed by atoms with van der Waals surface area (Å²) in [5.41, 5.74) is 1.81. The molecule has 0 spiro atoms. The Kier molecular flexibility index (Phi) is 5.89. The van der Waals surface area contributed by atoms with Crippen LogP contribution in [0.1, 0.15) is 23.3 Å². The minimum absolute atomic E-state index is 0.0568. The molecule has 4 heteroatoms. The molecule has 0 radical (unpaired) electrons. The molecule has 0 bridgehead atoms. The van der Waals surface area contributed by atoms with Crippen molar-refractivity contribution in [2.24, 2.45) is 0 Å². The summed E-state index contributed by atoms with van der Waals surface area (Å²) in [5, 5.41) is 8.77. The van der Waals surface area contributed by atoms with E-state index in [1.54, 1.807) is 13.4 Å². The number of benzene rings is 1. The highest BCUT2D eigenvalue weighted by Crippen LogP contribution is 2.19. The van der Waals surface area contributed by atoms with Gasteiger partial charge in [0.15, 0.2) is 0 Å². The first kappa shape index (κ1) is 15.2. The fourth-order valence-corrected chi connectivity index (χ4v) is 1.82. The largest absolute Gasteiger partial charge is 0.495 e. The van der Waals surface area contributed by atoms with Crippen molar-refractivity contribution < 1.29 is 19.0 Å². The van der Waals surface area contributed by atoms with Crippen LogP contribution in [0.25, 0.3) is 0 Å². The van der Waals surface area contributed by atoms with Crippen molar-refractivity contribution in [2.45, 2.75) is 19.6 Å². The third kappa shape index (κ3) is 4.67. The minimum atomic E-state index is 0.0568. The fourth-order valence-electron chi connectivity index (χ4n) is 1.82. The topological polar surface area (TPSA) is 51.8 Å². The second kappa shape index (κ2) is 8.15. The summed E-state index contributed by atoms with van der Waals surface area (Å²) in [5.74, 6) is 7.41. The van der Waals surface area contributed by atoms with Gasteiger partial charge in [0.05, 0.1) is 32.2 Å². The number of aliphatic hydroxyl groups excluding tert-OH is 1. The number of aliphatic hydroxyl groups is 1. The molecule has 0 aliphatic carbocycles. The number of furan rings is 1. The summed E-state index contributed by atoms with van der Waals surface area (Å²) in [4.78, 5) is 0. The van der Waals surface area contributed by atoms with Gasteiger partial charge in [-0.15, -0.1) is 0 Å². The molecule has 1 aromatic heterocycles. The van der Waals surface area contributed by atoms with E-state index in [9.17, 15) is 0 Å². The fraction of sp³-hybridized carbons (Fsp3) is 0.294. The van der Waals surface area contributed by atoms with Gasteiger partial charge in [0.2, 0.25) is 0 Å². The Balaban J connectivity index is 1.99. The Hall–Kier alpha value is -2.22. The second-order valence-corrected chi connectivity index (χ2v) is 4.38. The maximum atomic E-state index is 8.77. The molecule has 0 aliphatic rings. The number of hydrogen-bond donors (Lipinski definition) is 1. The Bertz CT molecular complexity index is 605. The lowest BCUT2D eigenvalue weighted by Gasteiger charge is -2.07. The maximum absolute atomic E-state index is 8.77. The van der Waals surface area contributed by atoms with Crippen LogP contribution < -0.4 is 4.74 Å². The van der Waals surface area contributed by atoms with Gasteiger partial charge >= 0.3 is 0 Å². The van der Waals surface area contributed by atoms with E-state index in [1.165, 1.54) is 0 Å². The van der Waals surface area contributed by atoms with Crippen LogP contribution in [0, 0.1) is 11.8 Å². The first-order valence-corrected chi connectivity index (χ1v) is 6.70. The number of rotatable bonds is 6. The molecule has 0 aliphatic heterocycles. The molecule has 1 aromatic carbocycles. The number of hydrogen-bond acceptors (Lipinski definition) is 4. The third-order valence-corrected chi connectivity index (χ3v) is 2.82. The van der Waals surface area contributed by atoms with Crippen molar-refractivity contribution in [3.05, 3.63) is 53.5 Å². The molecule has 1 N–H and O–H groups in total. The Morgan fingerprint density at radius 3 is 2.86 bits per heavy atom. The van der Waals surface area contributed by atoms with Crippen LogP contribution in [-0.2, 0) is 18.0 Å². The van der Waals surface area contributed by atoms with Crippen LogP contribution in [0.4, 0.5) is 0 Å². The van der Waals surface area contributed by atoms with Crippen molar-refractivity contribution in [1.29, 1.82) is 0 Å². The predicted molar refractivity (Wildman–Crippen MR) is 78.8 cm³/mol. The first-order chi connectivity index (χ1) is 10.3. The lowest BCUT2D eigenvalue weighted by molar-refractivity contribution is 0.0929. The zero-order valence-electron chi connectivity index (χ0n) is 12.0. The van der Waals surface area contributed by atoms with Crippen LogP contribution in [0.3, 0.4) is 0 Å². The summed E-state index contributed by atoms with van der Waals surface area (Å²) in [6.07, 6.45) is 2.07. The first-order valence-electron chi connectivity index (χ1n) is 6.70. The molecule has 0 saturated carbocycles. The highest BCUT2D eigenvalue weighted by Gasteiger charge is 2.03. The van der Waals surface area contributed by atoms with Crippen molar-refractivity contribution >= 4 is 0 Å². The summed E-state index contributed by atoms with van der Waals surface area (Å²) >= 11 is 0. The minimum Gasteiger partial charge on any atom is -0.495 e. The lowest BCUT2D eigenvalue weighted by atomic mass is 10.1. The summed E-state index contributed by atoms with van der Waals surface area (Å²) in [6.45, 7) is 0.963. The van der Waals surface area contributed by atoms with Gasteiger partial charge in [0.1, 0.15) is 18.1 Å². The predicted octanol–water partition coefficient (Wildman–Crippen LogP) is 2.74. The molecule has 0 saturated heterocycles. The Morgan fingerprint density at radius 2 is 2.14 bits per heavy atom. The molecule has 1 heterocycles. The van der Waals surface area contributed by atoms with Crippen LogP contribution in [0.2, 0.25) is 0 Å². The average molecular weight is 286 g/mol. The van der Waals surface area contributed by atoms with E-state index < -0.39 is 0 Å². The molecule has 0 amide bonds. The van der Waals surface area contributed by atoms with Gasteiger partial charge in [-0.1, -0.05) is 17.9 Å². The van der Waals surface area contributed by atoms with Gasteiger partial charge < -0.3 is 19.0 Å². The number of ether oxygens (including phenoxy) is 2. The zero-order chi connectivity index (χ0) is 14.9. The van der Waals surface area contributed by atoms with Crippen molar-refractivity contribution in [3.63, 3.8) is 0 Å². The maximum Gasteiger partial charge on any atom is 0.134 e. The van der Waals surface area contributed by atoms with Gasteiger partial charge in [0.25, 0.3) is 0 Å². The number of methoxy groups -OCH3 is 1. The molecule has 2 rings (SSSR count). The lowest BCUT2D eigenvalue weighted by Crippen LogP contribution is -1.95. The van der Waals surface area contributed by atoms with E-state index >= 15 is 0 Å². The molecule has 2 aromatic rings. The third-order valence-electron chi connectivity index (χ3n) is 2.82. The molecule has 4 nitrogen and oxygen atoms in total. The summed E-state index contributed by atoms with van der Waals surface area (Å²) in [7, 11) is 1.61. The molecule has 21 heavy (non-hydrogen) atoms. The molecule has 110 valence electrons. The van der Waals surface area contributed by atoms with Gasteiger partial charge in [-0.05, 0) is 29.8 Å². The monoisotopic (exact) mass is 286 g/mol.